The highest BCUT2D eigenvalue weighted by Crippen LogP contribution is 2.29. The first-order valence-corrected chi connectivity index (χ1v) is 7.80. The van der Waals surface area contributed by atoms with Crippen LogP contribution in [-0.4, -0.2) is 11.4 Å². The van der Waals surface area contributed by atoms with Crippen LogP contribution < -0.4 is 4.74 Å². The zero-order valence-corrected chi connectivity index (χ0v) is 14.5. The van der Waals surface area contributed by atoms with E-state index in [1.54, 1.807) is 18.2 Å². The maximum atomic E-state index is 13.5. The van der Waals surface area contributed by atoms with Gasteiger partial charge in [-0.1, -0.05) is 23.4 Å². The van der Waals surface area contributed by atoms with Crippen molar-refractivity contribution in [2.75, 3.05) is 0 Å². The normalized spacial score (nSPS) is 10.9. The molecule has 0 unspecified atom stereocenters. The monoisotopic (exact) mass is 497 g/mol. The average molecular weight is 497 g/mol. The van der Waals surface area contributed by atoms with Gasteiger partial charge in [-0.2, -0.15) is 0 Å². The molecule has 0 aliphatic carbocycles. The standard InChI is InChI=1S/C14H10FI2NO2/c15-11-4-2-1-3-10(11)8-20-14-12(16)5-9(7-18-19)6-13(14)17/h1-7,19H,8H2/b18-7-. The lowest BCUT2D eigenvalue weighted by molar-refractivity contribution is 0.295. The molecular weight excluding hydrogens is 487 g/mol. The number of ether oxygens (including phenoxy) is 1. The van der Waals surface area contributed by atoms with Gasteiger partial charge in [-0.05, 0) is 68.9 Å². The van der Waals surface area contributed by atoms with Crippen molar-refractivity contribution in [2.45, 2.75) is 6.61 Å². The van der Waals surface area contributed by atoms with Gasteiger partial charge in [0.25, 0.3) is 0 Å². The molecule has 0 atom stereocenters. The first kappa shape index (κ1) is 15.5. The first-order chi connectivity index (χ1) is 9.61. The van der Waals surface area contributed by atoms with Crippen molar-refractivity contribution in [2.24, 2.45) is 5.16 Å². The van der Waals surface area contributed by atoms with E-state index in [4.69, 9.17) is 9.94 Å². The van der Waals surface area contributed by atoms with Gasteiger partial charge in [0.05, 0.1) is 13.4 Å². The van der Waals surface area contributed by atoms with Crippen LogP contribution in [0, 0.1) is 13.0 Å². The van der Waals surface area contributed by atoms with Crippen molar-refractivity contribution in [3.63, 3.8) is 0 Å². The van der Waals surface area contributed by atoms with Gasteiger partial charge in [-0.3, -0.25) is 0 Å². The van der Waals surface area contributed by atoms with Gasteiger partial charge in [0.15, 0.2) is 0 Å². The molecule has 0 aliphatic heterocycles. The Morgan fingerprint density at radius 3 is 2.45 bits per heavy atom. The molecule has 0 heterocycles. The van der Waals surface area contributed by atoms with Crippen molar-refractivity contribution < 1.29 is 14.3 Å². The number of oxime groups is 1. The predicted octanol–water partition coefficient (Wildman–Crippen LogP) is 4.42. The van der Waals surface area contributed by atoms with Crippen LogP contribution in [0.1, 0.15) is 11.1 Å². The highest BCUT2D eigenvalue weighted by atomic mass is 127. The van der Waals surface area contributed by atoms with E-state index in [0.29, 0.717) is 11.3 Å². The maximum Gasteiger partial charge on any atom is 0.146 e. The summed E-state index contributed by atoms with van der Waals surface area (Å²) in [7, 11) is 0. The second kappa shape index (κ2) is 7.21. The minimum absolute atomic E-state index is 0.173. The average Bonchev–Trinajstić information content (AvgIpc) is 2.40. The SMILES string of the molecule is O/N=C\c1cc(I)c(OCc2ccccc2F)c(I)c1. The van der Waals surface area contributed by atoms with Crippen molar-refractivity contribution in [1.29, 1.82) is 0 Å². The van der Waals surface area contributed by atoms with Crippen molar-refractivity contribution in [1.82, 2.24) is 0 Å². The summed E-state index contributed by atoms with van der Waals surface area (Å²) >= 11 is 4.27. The Morgan fingerprint density at radius 1 is 1.20 bits per heavy atom. The lowest BCUT2D eigenvalue weighted by Gasteiger charge is -2.11. The summed E-state index contributed by atoms with van der Waals surface area (Å²) in [5.41, 5.74) is 1.29. The third kappa shape index (κ3) is 3.81. The van der Waals surface area contributed by atoms with E-state index < -0.39 is 0 Å². The van der Waals surface area contributed by atoms with Gasteiger partial charge >= 0.3 is 0 Å². The third-order valence-corrected chi connectivity index (χ3v) is 4.16. The van der Waals surface area contributed by atoms with Gasteiger partial charge in [0, 0.05) is 5.56 Å². The Morgan fingerprint density at radius 2 is 1.85 bits per heavy atom. The van der Waals surface area contributed by atoms with Crippen LogP contribution in [0.4, 0.5) is 4.39 Å². The predicted molar refractivity (Wildman–Crippen MR) is 92.0 cm³/mol. The number of benzene rings is 2. The Labute approximate surface area is 143 Å². The van der Waals surface area contributed by atoms with E-state index in [-0.39, 0.29) is 12.4 Å². The molecule has 20 heavy (non-hydrogen) atoms. The third-order valence-electron chi connectivity index (χ3n) is 2.56. The smallest absolute Gasteiger partial charge is 0.146 e. The molecule has 0 saturated heterocycles. The number of nitrogens with zero attached hydrogens (tertiary/aromatic N) is 1. The van der Waals surface area contributed by atoms with Crippen LogP contribution in [0.15, 0.2) is 41.6 Å². The molecule has 0 saturated carbocycles. The Bertz CT molecular complexity index is 624. The topological polar surface area (TPSA) is 41.8 Å². The van der Waals surface area contributed by atoms with E-state index in [9.17, 15) is 4.39 Å². The highest BCUT2D eigenvalue weighted by Gasteiger charge is 2.10. The molecule has 6 heteroatoms. The first-order valence-electron chi connectivity index (χ1n) is 5.64. The number of halogens is 3. The molecule has 2 aromatic carbocycles. The summed E-state index contributed by atoms with van der Waals surface area (Å²) < 4.78 is 21.0. The van der Waals surface area contributed by atoms with Crippen LogP contribution in [0.3, 0.4) is 0 Å². The molecular formula is C14H10FI2NO2. The molecule has 2 aromatic rings. The molecule has 3 nitrogen and oxygen atoms in total. The minimum Gasteiger partial charge on any atom is -0.487 e. The molecule has 0 amide bonds. The second-order valence-electron chi connectivity index (χ2n) is 3.94. The zero-order valence-electron chi connectivity index (χ0n) is 10.2. The van der Waals surface area contributed by atoms with Crippen LogP contribution in [0.5, 0.6) is 5.75 Å². The van der Waals surface area contributed by atoms with Crippen molar-refractivity contribution >= 4 is 51.4 Å². The lowest BCUT2D eigenvalue weighted by atomic mass is 10.2. The number of hydrogen-bond acceptors (Lipinski definition) is 3. The van der Waals surface area contributed by atoms with Crippen LogP contribution in [-0.2, 0) is 6.61 Å². The molecule has 0 fully saturated rings. The molecule has 0 radical (unpaired) electrons. The van der Waals surface area contributed by atoms with Gasteiger partial charge in [-0.25, -0.2) is 4.39 Å². The van der Waals surface area contributed by atoms with Gasteiger partial charge < -0.3 is 9.94 Å². The Hall–Kier alpha value is -0.900. The fourth-order valence-corrected chi connectivity index (χ4v) is 3.75. The largest absolute Gasteiger partial charge is 0.487 e. The van der Waals surface area contributed by atoms with Crippen molar-refractivity contribution in [3.05, 3.63) is 60.5 Å². The zero-order chi connectivity index (χ0) is 14.5. The number of hydrogen-bond donors (Lipinski definition) is 1. The molecule has 104 valence electrons. The Kier molecular flexibility index (Phi) is 5.58. The molecule has 1 N–H and O–H groups in total. The summed E-state index contributed by atoms with van der Waals surface area (Å²) in [5.74, 6) is 0.422. The highest BCUT2D eigenvalue weighted by molar-refractivity contribution is 14.1. The van der Waals surface area contributed by atoms with Crippen LogP contribution in [0.2, 0.25) is 0 Å². The molecule has 0 bridgehead atoms. The fourth-order valence-electron chi connectivity index (χ4n) is 1.62. The van der Waals surface area contributed by atoms with Gasteiger partial charge in [0.1, 0.15) is 18.2 Å². The molecule has 0 aliphatic rings. The quantitative estimate of drug-likeness (QED) is 0.294. The fraction of sp³-hybridized carbons (Fsp3) is 0.0714. The summed E-state index contributed by atoms with van der Waals surface area (Å²) in [6.07, 6.45) is 1.35. The maximum absolute atomic E-state index is 13.5. The second-order valence-corrected chi connectivity index (χ2v) is 6.26. The van der Waals surface area contributed by atoms with Gasteiger partial charge in [-0.15, -0.1) is 0 Å². The summed E-state index contributed by atoms with van der Waals surface area (Å²) in [5, 5.41) is 11.5. The minimum atomic E-state index is -0.276. The van der Waals surface area contributed by atoms with Crippen LogP contribution in [0.25, 0.3) is 0 Å². The Balaban J connectivity index is 2.20. The lowest BCUT2D eigenvalue weighted by Crippen LogP contribution is -2.02. The van der Waals surface area contributed by atoms with E-state index in [1.807, 2.05) is 12.1 Å². The molecule has 0 aromatic heterocycles. The van der Waals surface area contributed by atoms with E-state index in [1.165, 1.54) is 12.3 Å². The van der Waals surface area contributed by atoms with Crippen LogP contribution >= 0.6 is 45.2 Å². The van der Waals surface area contributed by atoms with Gasteiger partial charge in [0.2, 0.25) is 0 Å². The summed E-state index contributed by atoms with van der Waals surface area (Å²) in [6.45, 7) is 0.173. The van der Waals surface area contributed by atoms with E-state index in [2.05, 4.69) is 50.3 Å². The number of rotatable bonds is 4. The van der Waals surface area contributed by atoms with E-state index >= 15 is 0 Å². The summed E-state index contributed by atoms with van der Waals surface area (Å²) in [4.78, 5) is 0. The van der Waals surface area contributed by atoms with E-state index in [0.717, 1.165) is 12.7 Å². The molecule has 0 spiro atoms. The summed E-state index contributed by atoms with van der Waals surface area (Å²) in [6, 6.07) is 10.2. The molecule has 2 rings (SSSR count). The van der Waals surface area contributed by atoms with Crippen molar-refractivity contribution in [3.8, 4) is 5.75 Å².